The molecule has 1 aliphatic rings. The van der Waals surface area contributed by atoms with E-state index in [1.807, 2.05) is 12.1 Å². The van der Waals surface area contributed by atoms with Crippen LogP contribution in [0.15, 0.2) is 58.6 Å². The van der Waals surface area contributed by atoms with Crippen molar-refractivity contribution in [1.82, 2.24) is 14.3 Å². The molecule has 0 aliphatic carbocycles. The van der Waals surface area contributed by atoms with Crippen molar-refractivity contribution in [3.63, 3.8) is 0 Å². The molecule has 0 atom stereocenters. The fourth-order valence-electron chi connectivity index (χ4n) is 3.94. The molecule has 0 radical (unpaired) electrons. The zero-order valence-electron chi connectivity index (χ0n) is 17.4. The van der Waals surface area contributed by atoms with E-state index in [1.54, 1.807) is 27.1 Å². The third-order valence-corrected chi connectivity index (χ3v) is 7.10. The number of halogens is 4. The molecule has 0 saturated heterocycles. The molecular weight excluding hydrogens is 533 g/mol. The summed E-state index contributed by atoms with van der Waals surface area (Å²) in [6.07, 6.45) is -0.695. The number of alkyl halides is 3. The van der Waals surface area contributed by atoms with Gasteiger partial charge in [0, 0.05) is 33.2 Å². The van der Waals surface area contributed by atoms with Crippen LogP contribution in [0.4, 0.5) is 18.9 Å². The van der Waals surface area contributed by atoms with Gasteiger partial charge < -0.3 is 10.2 Å². The van der Waals surface area contributed by atoms with E-state index >= 15 is 0 Å². The molecule has 0 bridgehead atoms. The normalized spacial score (nSPS) is 13.7. The van der Waals surface area contributed by atoms with Crippen molar-refractivity contribution < 1.29 is 22.8 Å². The van der Waals surface area contributed by atoms with Crippen molar-refractivity contribution in [2.45, 2.75) is 19.1 Å². The molecule has 1 N–H and O–H groups in total. The summed E-state index contributed by atoms with van der Waals surface area (Å²) in [6, 6.07) is 8.19. The summed E-state index contributed by atoms with van der Waals surface area (Å²) >= 11 is 4.76. The molecule has 5 rings (SSSR count). The van der Waals surface area contributed by atoms with Gasteiger partial charge in [-0.1, -0.05) is 6.07 Å². The fourth-order valence-corrected chi connectivity index (χ4v) is 5.37. The Morgan fingerprint density at radius 2 is 2.00 bits per heavy atom. The van der Waals surface area contributed by atoms with E-state index in [0.29, 0.717) is 36.4 Å². The average molecular weight is 549 g/mol. The van der Waals surface area contributed by atoms with Crippen LogP contribution in [0, 0.1) is 0 Å². The van der Waals surface area contributed by atoms with Crippen LogP contribution in [0.2, 0.25) is 0 Å². The van der Waals surface area contributed by atoms with Crippen LogP contribution in [-0.4, -0.2) is 32.6 Å². The number of benzene rings is 1. The summed E-state index contributed by atoms with van der Waals surface area (Å²) in [7, 11) is 0. The number of hydrogen-bond donors (Lipinski definition) is 1. The second-order valence-corrected chi connectivity index (χ2v) is 9.66. The van der Waals surface area contributed by atoms with E-state index in [9.17, 15) is 22.8 Å². The molecule has 174 valence electrons. The molecule has 11 heteroatoms. The van der Waals surface area contributed by atoms with Crippen LogP contribution in [-0.2, 0) is 19.1 Å². The standard InChI is InChI=1S/C23H16BrF3N4O2S/c24-14-4-5-20-28-9-18(31(20)10-14)22(33)30-7-6-16-17(12-34-19(16)11-30)21(32)29-15-3-1-2-13(8-15)23(25,26)27/h1-5,8-10,12H,6-7,11H2,(H,29,32). The minimum atomic E-state index is -4.49. The SMILES string of the molecule is O=C(Nc1cccc(C(F)(F)F)c1)c1csc2c1CCN(C(=O)c1cnc3ccc(Br)cn13)C2. The number of imidazole rings is 1. The average Bonchev–Trinajstić information content (AvgIpc) is 3.41. The predicted octanol–water partition coefficient (Wildman–Crippen LogP) is 5.63. The minimum absolute atomic E-state index is 0.0751. The number of pyridine rings is 1. The first-order valence-corrected chi connectivity index (χ1v) is 11.9. The molecule has 3 aromatic heterocycles. The first-order chi connectivity index (χ1) is 16.2. The minimum Gasteiger partial charge on any atom is -0.332 e. The summed E-state index contributed by atoms with van der Waals surface area (Å²) in [4.78, 5) is 32.8. The van der Waals surface area contributed by atoms with Gasteiger partial charge in [-0.05, 0) is 58.2 Å². The highest BCUT2D eigenvalue weighted by Crippen LogP contribution is 2.32. The molecule has 0 spiro atoms. The second-order valence-electron chi connectivity index (χ2n) is 7.78. The van der Waals surface area contributed by atoms with Gasteiger partial charge in [0.2, 0.25) is 0 Å². The number of nitrogens with one attached hydrogen (secondary N) is 1. The Morgan fingerprint density at radius 1 is 1.18 bits per heavy atom. The van der Waals surface area contributed by atoms with E-state index < -0.39 is 17.6 Å². The first-order valence-electron chi connectivity index (χ1n) is 10.2. The van der Waals surface area contributed by atoms with E-state index in [4.69, 9.17) is 0 Å². The molecule has 0 fully saturated rings. The lowest BCUT2D eigenvalue weighted by atomic mass is 10.0. The monoisotopic (exact) mass is 548 g/mol. The predicted molar refractivity (Wildman–Crippen MR) is 125 cm³/mol. The Balaban J connectivity index is 1.33. The Hall–Kier alpha value is -3.18. The Morgan fingerprint density at radius 3 is 2.79 bits per heavy atom. The number of thiophene rings is 1. The lowest BCUT2D eigenvalue weighted by molar-refractivity contribution is -0.137. The largest absolute Gasteiger partial charge is 0.416 e. The van der Waals surface area contributed by atoms with E-state index in [0.717, 1.165) is 27.0 Å². The van der Waals surface area contributed by atoms with Gasteiger partial charge in [-0.25, -0.2) is 4.98 Å². The van der Waals surface area contributed by atoms with Crippen molar-refractivity contribution >= 4 is 50.4 Å². The zero-order valence-corrected chi connectivity index (χ0v) is 19.8. The maximum atomic E-state index is 13.2. The van der Waals surface area contributed by atoms with Gasteiger partial charge in [0.15, 0.2) is 0 Å². The number of carbonyl (C=O) groups excluding carboxylic acids is 2. The number of nitrogens with zero attached hydrogens (tertiary/aromatic N) is 3. The summed E-state index contributed by atoms with van der Waals surface area (Å²) in [5, 5.41) is 4.25. The van der Waals surface area contributed by atoms with Gasteiger partial charge in [0.05, 0.1) is 23.9 Å². The molecule has 0 saturated carbocycles. The van der Waals surface area contributed by atoms with Gasteiger partial charge in [0.25, 0.3) is 11.8 Å². The van der Waals surface area contributed by atoms with Crippen LogP contribution in [0.5, 0.6) is 0 Å². The van der Waals surface area contributed by atoms with Crippen LogP contribution in [0.25, 0.3) is 5.65 Å². The maximum Gasteiger partial charge on any atom is 0.416 e. The summed E-state index contributed by atoms with van der Waals surface area (Å²) in [6.45, 7) is 0.755. The molecule has 1 aliphatic heterocycles. The molecule has 4 aromatic rings. The van der Waals surface area contributed by atoms with Crippen molar-refractivity contribution in [3.8, 4) is 0 Å². The van der Waals surface area contributed by atoms with E-state index in [1.165, 1.54) is 23.5 Å². The highest BCUT2D eigenvalue weighted by atomic mass is 79.9. The molecule has 1 aromatic carbocycles. The van der Waals surface area contributed by atoms with Gasteiger partial charge in [-0.2, -0.15) is 13.2 Å². The van der Waals surface area contributed by atoms with Crippen LogP contribution < -0.4 is 5.32 Å². The van der Waals surface area contributed by atoms with Crippen molar-refractivity contribution in [3.05, 3.63) is 85.9 Å². The Kier molecular flexibility index (Phi) is 5.68. The topological polar surface area (TPSA) is 66.7 Å². The molecule has 34 heavy (non-hydrogen) atoms. The molecule has 0 unspecified atom stereocenters. The van der Waals surface area contributed by atoms with Crippen molar-refractivity contribution in [2.75, 3.05) is 11.9 Å². The van der Waals surface area contributed by atoms with Crippen molar-refractivity contribution in [1.29, 1.82) is 0 Å². The summed E-state index contributed by atoms with van der Waals surface area (Å²) < 4.78 is 41.4. The molecule has 2 amide bonds. The van der Waals surface area contributed by atoms with E-state index in [2.05, 4.69) is 26.2 Å². The van der Waals surface area contributed by atoms with Gasteiger partial charge in [-0.3, -0.25) is 14.0 Å². The number of hydrogen-bond acceptors (Lipinski definition) is 4. The molecule has 6 nitrogen and oxygen atoms in total. The molecular formula is C23H16BrF3N4O2S. The van der Waals surface area contributed by atoms with E-state index in [-0.39, 0.29) is 11.6 Å². The lowest BCUT2D eigenvalue weighted by Gasteiger charge is -2.27. The number of carbonyl (C=O) groups is 2. The Labute approximate surface area is 204 Å². The molecule has 4 heterocycles. The van der Waals surface area contributed by atoms with Crippen LogP contribution in [0.3, 0.4) is 0 Å². The number of anilines is 1. The second kappa shape index (κ2) is 8.55. The third-order valence-electron chi connectivity index (χ3n) is 5.62. The maximum absolute atomic E-state index is 13.2. The quantitative estimate of drug-likeness (QED) is 0.361. The fraction of sp³-hybridized carbons (Fsp3) is 0.174. The Bertz CT molecular complexity index is 1430. The van der Waals surface area contributed by atoms with Crippen LogP contribution >= 0.6 is 27.3 Å². The number of rotatable bonds is 3. The third kappa shape index (κ3) is 4.21. The smallest absolute Gasteiger partial charge is 0.332 e. The highest BCUT2D eigenvalue weighted by Gasteiger charge is 2.31. The lowest BCUT2D eigenvalue weighted by Crippen LogP contribution is -2.36. The first kappa shape index (κ1) is 22.6. The summed E-state index contributed by atoms with van der Waals surface area (Å²) in [5.74, 6) is -0.636. The zero-order chi connectivity index (χ0) is 24.0. The van der Waals surface area contributed by atoms with Crippen molar-refractivity contribution in [2.24, 2.45) is 0 Å². The van der Waals surface area contributed by atoms with Gasteiger partial charge in [-0.15, -0.1) is 11.3 Å². The van der Waals surface area contributed by atoms with Gasteiger partial charge in [0.1, 0.15) is 11.3 Å². The number of aromatic nitrogens is 2. The highest BCUT2D eigenvalue weighted by molar-refractivity contribution is 9.10. The van der Waals surface area contributed by atoms with Crippen LogP contribution in [0.1, 0.15) is 36.9 Å². The summed E-state index contributed by atoms with van der Waals surface area (Å²) in [5.41, 5.74) is 1.59. The van der Waals surface area contributed by atoms with Gasteiger partial charge >= 0.3 is 6.18 Å². The number of amides is 2. The number of fused-ring (bicyclic) bond motifs is 2.